The number of hydrogen-bond donors (Lipinski definition) is 1. The number of nitrogens with zero attached hydrogens (tertiary/aromatic N) is 1. The summed E-state index contributed by atoms with van der Waals surface area (Å²) >= 11 is 0. The van der Waals surface area contributed by atoms with Gasteiger partial charge in [0.25, 0.3) is 0 Å². The van der Waals surface area contributed by atoms with E-state index >= 15 is 0 Å². The molecule has 1 saturated heterocycles. The van der Waals surface area contributed by atoms with Gasteiger partial charge in [-0.3, -0.25) is 4.98 Å². The molecule has 0 radical (unpaired) electrons. The average molecular weight is 275 g/mol. The first-order chi connectivity index (χ1) is 9.25. The van der Waals surface area contributed by atoms with Crippen LogP contribution in [0.2, 0.25) is 0 Å². The average Bonchev–Trinajstić information content (AvgIpc) is 2.55. The Bertz CT molecular complexity index is 510. The fourth-order valence-corrected chi connectivity index (χ4v) is 2.73. The number of aromatic nitrogens is 1. The second-order valence-corrected chi connectivity index (χ2v) is 6.91. The SMILES string of the molecule is CC1(C)OB(c2ncccc2C2(O)CCC2)OC1(C)C. The van der Waals surface area contributed by atoms with Crippen molar-refractivity contribution in [2.75, 3.05) is 0 Å². The Labute approximate surface area is 120 Å². The van der Waals surface area contributed by atoms with Crippen LogP contribution in [0.3, 0.4) is 0 Å². The van der Waals surface area contributed by atoms with Crippen molar-refractivity contribution in [1.29, 1.82) is 0 Å². The van der Waals surface area contributed by atoms with Crippen molar-refractivity contribution in [3.8, 4) is 0 Å². The molecule has 0 unspecified atom stereocenters. The number of pyridine rings is 1. The molecule has 1 aromatic rings. The van der Waals surface area contributed by atoms with Crippen LogP contribution in [-0.2, 0) is 14.9 Å². The smallest absolute Gasteiger partial charge is 0.398 e. The zero-order valence-electron chi connectivity index (χ0n) is 12.6. The van der Waals surface area contributed by atoms with Crippen LogP contribution in [0.4, 0.5) is 0 Å². The van der Waals surface area contributed by atoms with E-state index in [2.05, 4.69) is 4.98 Å². The summed E-state index contributed by atoms with van der Waals surface area (Å²) in [4.78, 5) is 4.43. The molecule has 2 aliphatic rings. The standard InChI is InChI=1S/C15H22BNO3/c1-13(2)14(3,4)20-16(19-13)12-11(7-5-10-17-12)15(18)8-6-9-15/h5,7,10,18H,6,8-9H2,1-4H3. The van der Waals surface area contributed by atoms with Crippen LogP contribution in [0.25, 0.3) is 0 Å². The molecule has 5 heteroatoms. The topological polar surface area (TPSA) is 51.6 Å². The molecular weight excluding hydrogens is 253 g/mol. The van der Waals surface area contributed by atoms with Crippen molar-refractivity contribution in [2.45, 2.75) is 63.8 Å². The summed E-state index contributed by atoms with van der Waals surface area (Å²) in [5.74, 6) is 0. The lowest BCUT2D eigenvalue weighted by Gasteiger charge is -2.38. The van der Waals surface area contributed by atoms with Gasteiger partial charge in [-0.25, -0.2) is 0 Å². The summed E-state index contributed by atoms with van der Waals surface area (Å²) in [6, 6.07) is 3.80. The molecule has 0 bridgehead atoms. The minimum absolute atomic E-state index is 0.394. The molecule has 1 N–H and O–H groups in total. The summed E-state index contributed by atoms with van der Waals surface area (Å²) in [6.45, 7) is 8.09. The molecule has 1 aliphatic heterocycles. The van der Waals surface area contributed by atoms with E-state index in [1.165, 1.54) is 0 Å². The zero-order chi connectivity index (χ0) is 14.6. The fraction of sp³-hybridized carbons (Fsp3) is 0.667. The van der Waals surface area contributed by atoms with Crippen LogP contribution in [0.15, 0.2) is 18.3 Å². The molecule has 20 heavy (non-hydrogen) atoms. The Morgan fingerprint density at radius 3 is 2.25 bits per heavy atom. The largest absolute Gasteiger partial charge is 0.514 e. The molecule has 0 atom stereocenters. The van der Waals surface area contributed by atoms with Gasteiger partial charge in [0.05, 0.1) is 22.4 Å². The predicted molar refractivity (Wildman–Crippen MR) is 77.7 cm³/mol. The molecule has 1 aromatic heterocycles. The van der Waals surface area contributed by atoms with Gasteiger partial charge in [-0.05, 0) is 53.0 Å². The van der Waals surface area contributed by atoms with Crippen molar-refractivity contribution < 1.29 is 14.4 Å². The van der Waals surface area contributed by atoms with E-state index in [-0.39, 0.29) is 0 Å². The van der Waals surface area contributed by atoms with Gasteiger partial charge in [-0.15, -0.1) is 0 Å². The van der Waals surface area contributed by atoms with E-state index in [1.807, 2.05) is 39.8 Å². The van der Waals surface area contributed by atoms with Crippen molar-refractivity contribution in [1.82, 2.24) is 4.98 Å². The third-order valence-electron chi connectivity index (χ3n) is 5.00. The lowest BCUT2D eigenvalue weighted by Crippen LogP contribution is -2.46. The lowest BCUT2D eigenvalue weighted by atomic mass is 9.68. The van der Waals surface area contributed by atoms with Crippen LogP contribution in [0, 0.1) is 0 Å². The molecule has 0 aromatic carbocycles. The Morgan fingerprint density at radius 2 is 1.75 bits per heavy atom. The summed E-state index contributed by atoms with van der Waals surface area (Å²) in [5, 5.41) is 10.6. The number of aliphatic hydroxyl groups is 1. The van der Waals surface area contributed by atoms with E-state index in [9.17, 15) is 5.11 Å². The predicted octanol–water partition coefficient (Wildman–Crippen LogP) is 1.75. The Hall–Kier alpha value is -0.905. The fourth-order valence-electron chi connectivity index (χ4n) is 2.73. The highest BCUT2D eigenvalue weighted by molar-refractivity contribution is 6.61. The van der Waals surface area contributed by atoms with Gasteiger partial charge in [0, 0.05) is 11.8 Å². The Kier molecular flexibility index (Phi) is 3.02. The van der Waals surface area contributed by atoms with E-state index in [4.69, 9.17) is 9.31 Å². The maximum absolute atomic E-state index is 10.6. The summed E-state index contributed by atoms with van der Waals surface area (Å²) in [7, 11) is -0.513. The summed E-state index contributed by atoms with van der Waals surface area (Å²) in [6.07, 6.45) is 4.34. The Morgan fingerprint density at radius 1 is 1.15 bits per heavy atom. The van der Waals surface area contributed by atoms with Gasteiger partial charge in [0.2, 0.25) is 0 Å². The monoisotopic (exact) mass is 275 g/mol. The quantitative estimate of drug-likeness (QED) is 0.835. The maximum atomic E-state index is 10.6. The molecule has 108 valence electrons. The molecule has 0 amide bonds. The first-order valence-corrected chi connectivity index (χ1v) is 7.29. The number of hydrogen-bond acceptors (Lipinski definition) is 4. The van der Waals surface area contributed by atoms with Crippen molar-refractivity contribution in [3.63, 3.8) is 0 Å². The van der Waals surface area contributed by atoms with Gasteiger partial charge >= 0.3 is 7.12 Å². The van der Waals surface area contributed by atoms with Crippen LogP contribution in [0.1, 0.15) is 52.5 Å². The van der Waals surface area contributed by atoms with Crippen LogP contribution >= 0.6 is 0 Å². The highest BCUT2D eigenvalue weighted by Gasteiger charge is 2.54. The van der Waals surface area contributed by atoms with E-state index in [0.29, 0.717) is 5.59 Å². The van der Waals surface area contributed by atoms with Gasteiger partial charge in [0.15, 0.2) is 0 Å². The summed E-state index contributed by atoms with van der Waals surface area (Å²) < 4.78 is 12.1. The molecule has 2 fully saturated rings. The maximum Gasteiger partial charge on any atom is 0.514 e. The first-order valence-electron chi connectivity index (χ1n) is 7.29. The highest BCUT2D eigenvalue weighted by atomic mass is 16.7. The number of rotatable bonds is 2. The lowest BCUT2D eigenvalue weighted by molar-refractivity contribution is -0.0383. The van der Waals surface area contributed by atoms with E-state index < -0.39 is 23.9 Å². The van der Waals surface area contributed by atoms with Gasteiger partial charge in [-0.2, -0.15) is 0 Å². The third-order valence-corrected chi connectivity index (χ3v) is 5.00. The first kappa shape index (κ1) is 14.0. The summed E-state index contributed by atoms with van der Waals surface area (Å²) in [5.41, 5.74) is 0.0226. The second kappa shape index (κ2) is 4.29. The Balaban J connectivity index is 1.96. The molecule has 4 nitrogen and oxygen atoms in total. The second-order valence-electron chi connectivity index (χ2n) is 6.91. The van der Waals surface area contributed by atoms with E-state index in [0.717, 1.165) is 24.8 Å². The third kappa shape index (κ3) is 2.00. The van der Waals surface area contributed by atoms with Crippen LogP contribution < -0.4 is 5.59 Å². The van der Waals surface area contributed by atoms with E-state index in [1.54, 1.807) is 6.20 Å². The zero-order valence-corrected chi connectivity index (χ0v) is 12.6. The van der Waals surface area contributed by atoms with Crippen molar-refractivity contribution in [3.05, 3.63) is 23.9 Å². The minimum atomic E-state index is -0.757. The molecule has 2 heterocycles. The van der Waals surface area contributed by atoms with Gasteiger partial charge in [0.1, 0.15) is 0 Å². The minimum Gasteiger partial charge on any atom is -0.398 e. The molecule has 1 aliphatic carbocycles. The highest BCUT2D eigenvalue weighted by Crippen LogP contribution is 2.42. The normalized spacial score (nSPS) is 26.4. The molecule has 0 spiro atoms. The van der Waals surface area contributed by atoms with Crippen LogP contribution in [0.5, 0.6) is 0 Å². The van der Waals surface area contributed by atoms with Crippen LogP contribution in [-0.4, -0.2) is 28.4 Å². The van der Waals surface area contributed by atoms with Crippen molar-refractivity contribution in [2.24, 2.45) is 0 Å². The van der Waals surface area contributed by atoms with Crippen molar-refractivity contribution >= 4 is 12.7 Å². The molecule has 3 rings (SSSR count). The molecular formula is C15H22BNO3. The molecule has 1 saturated carbocycles. The van der Waals surface area contributed by atoms with Gasteiger partial charge in [-0.1, -0.05) is 6.07 Å². The van der Waals surface area contributed by atoms with Gasteiger partial charge < -0.3 is 14.4 Å².